The predicted molar refractivity (Wildman–Crippen MR) is 28.7 cm³/mol. The van der Waals surface area contributed by atoms with Crippen LogP contribution in [0.15, 0.2) is 0 Å². The molecule has 1 heteroatoms. The Morgan fingerprint density at radius 2 is 2.14 bits per heavy atom. The zero-order valence-electron chi connectivity index (χ0n) is 4.65. The molecule has 1 aliphatic rings. The maximum atomic E-state index is 9.05. The summed E-state index contributed by atoms with van der Waals surface area (Å²) in [7, 11) is 0. The summed E-state index contributed by atoms with van der Waals surface area (Å²) in [6, 6.07) is 0. The molecule has 1 radical (unpaired) electrons. The van der Waals surface area contributed by atoms with E-state index in [1.807, 2.05) is 0 Å². The molecule has 0 aromatic carbocycles. The second kappa shape index (κ2) is 1.22. The lowest BCUT2D eigenvalue weighted by Gasteiger charge is -2.13. The van der Waals surface area contributed by atoms with Gasteiger partial charge in [-0.1, -0.05) is 0 Å². The Morgan fingerprint density at radius 1 is 1.71 bits per heavy atom. The largest absolute Gasteiger partial charge is 0.390 e. The highest BCUT2D eigenvalue weighted by Crippen LogP contribution is 2.38. The molecule has 1 atom stereocenters. The van der Waals surface area contributed by atoms with Crippen LogP contribution < -0.4 is 0 Å². The van der Waals surface area contributed by atoms with E-state index in [1.54, 1.807) is 6.92 Å². The molecule has 0 bridgehead atoms. The minimum atomic E-state index is -0.639. The van der Waals surface area contributed by atoms with Gasteiger partial charge in [-0.2, -0.15) is 0 Å². The van der Waals surface area contributed by atoms with Crippen molar-refractivity contribution in [3.8, 4) is 0 Å². The zero-order chi connectivity index (χ0) is 5.49. The third-order valence-corrected chi connectivity index (χ3v) is 1.46. The molecule has 0 spiro atoms. The average Bonchev–Trinajstić information content (AvgIpc) is 1.99. The molecule has 7 heavy (non-hydrogen) atoms. The van der Waals surface area contributed by atoms with Crippen molar-refractivity contribution in [1.82, 2.24) is 0 Å². The summed E-state index contributed by atoms with van der Waals surface area (Å²) >= 11 is 0. The highest BCUT2D eigenvalue weighted by Gasteiger charge is 2.35. The summed E-state index contributed by atoms with van der Waals surface area (Å²) in [6.07, 6.45) is 2.33. The van der Waals surface area contributed by atoms with Gasteiger partial charge in [0.2, 0.25) is 0 Å². The predicted octanol–water partition coefficient (Wildman–Crippen LogP) is 0.981. The van der Waals surface area contributed by atoms with E-state index >= 15 is 0 Å². The van der Waals surface area contributed by atoms with Crippen LogP contribution in [-0.2, 0) is 0 Å². The molecule has 1 saturated carbocycles. The lowest BCUT2D eigenvalue weighted by Crippen LogP contribution is -2.21. The van der Waals surface area contributed by atoms with E-state index in [1.165, 1.54) is 0 Å². The lowest BCUT2D eigenvalue weighted by molar-refractivity contribution is 0.0847. The third-order valence-electron chi connectivity index (χ3n) is 1.46. The van der Waals surface area contributed by atoms with Gasteiger partial charge in [0.1, 0.15) is 0 Å². The highest BCUT2D eigenvalue weighted by atomic mass is 16.3. The fourth-order valence-electron chi connectivity index (χ4n) is 0.705. The molecule has 1 rings (SSSR count). The van der Waals surface area contributed by atoms with E-state index in [2.05, 4.69) is 6.92 Å². The van der Waals surface area contributed by atoms with Gasteiger partial charge in [0.15, 0.2) is 0 Å². The molecule has 0 unspecified atom stereocenters. The standard InChI is InChI=1S/C6H11O/c1-6(2,7)5-3-4-5/h5,7H,1,3-4H2,2H3/t6-/m0/s1. The Labute approximate surface area is 44.4 Å². The molecule has 0 amide bonds. The van der Waals surface area contributed by atoms with Crippen LogP contribution in [-0.4, -0.2) is 10.7 Å². The first-order chi connectivity index (χ1) is 3.11. The van der Waals surface area contributed by atoms with Crippen molar-refractivity contribution in [2.24, 2.45) is 5.92 Å². The normalized spacial score (nSPS) is 22.7. The van der Waals surface area contributed by atoms with Crippen LogP contribution in [0.5, 0.6) is 0 Å². The first kappa shape index (κ1) is 5.10. The van der Waals surface area contributed by atoms with Crippen LogP contribution in [0, 0.1) is 12.8 Å². The average molecular weight is 99.2 g/mol. The highest BCUT2D eigenvalue weighted by molar-refractivity contribution is 4.92. The number of aliphatic hydroxyl groups is 1. The fraction of sp³-hybridized carbons (Fsp3) is 0.833. The van der Waals surface area contributed by atoms with Gasteiger partial charge in [0.05, 0.1) is 5.60 Å². The Kier molecular flexibility index (Phi) is 0.890. The fourth-order valence-corrected chi connectivity index (χ4v) is 0.705. The summed E-state index contributed by atoms with van der Waals surface area (Å²) in [5.41, 5.74) is -0.639. The zero-order valence-corrected chi connectivity index (χ0v) is 4.65. The minimum Gasteiger partial charge on any atom is -0.390 e. The van der Waals surface area contributed by atoms with Crippen LogP contribution in [0.4, 0.5) is 0 Å². The Morgan fingerprint density at radius 3 is 2.14 bits per heavy atom. The minimum absolute atomic E-state index is 0.493. The molecular formula is C6H11O. The van der Waals surface area contributed by atoms with Crippen molar-refractivity contribution in [2.75, 3.05) is 0 Å². The van der Waals surface area contributed by atoms with Crippen molar-refractivity contribution in [3.05, 3.63) is 6.92 Å². The summed E-state index contributed by atoms with van der Waals surface area (Å²) < 4.78 is 0. The number of rotatable bonds is 1. The third kappa shape index (κ3) is 1.16. The maximum absolute atomic E-state index is 9.05. The molecule has 0 aliphatic heterocycles. The van der Waals surface area contributed by atoms with Crippen molar-refractivity contribution >= 4 is 0 Å². The molecule has 1 nitrogen and oxygen atoms in total. The SMILES string of the molecule is [CH2][C@@](C)(O)C1CC1. The first-order valence-corrected chi connectivity index (χ1v) is 2.68. The van der Waals surface area contributed by atoms with E-state index in [9.17, 15) is 0 Å². The first-order valence-electron chi connectivity index (χ1n) is 2.68. The van der Waals surface area contributed by atoms with Gasteiger partial charge in [-0.3, -0.25) is 0 Å². The van der Waals surface area contributed by atoms with Gasteiger partial charge in [-0.25, -0.2) is 0 Å². The van der Waals surface area contributed by atoms with E-state index in [4.69, 9.17) is 5.11 Å². The summed E-state index contributed by atoms with van der Waals surface area (Å²) in [6.45, 7) is 5.36. The lowest BCUT2D eigenvalue weighted by atomic mass is 10.0. The second-order valence-electron chi connectivity index (χ2n) is 2.63. The van der Waals surface area contributed by atoms with Crippen molar-refractivity contribution in [2.45, 2.75) is 25.4 Å². The molecule has 1 fully saturated rings. The van der Waals surface area contributed by atoms with E-state index < -0.39 is 5.60 Å². The van der Waals surface area contributed by atoms with Crippen LogP contribution >= 0.6 is 0 Å². The van der Waals surface area contributed by atoms with E-state index in [-0.39, 0.29) is 0 Å². The Balaban J connectivity index is 2.36. The molecular weight excluding hydrogens is 88.1 g/mol. The molecule has 0 aromatic rings. The molecule has 1 N–H and O–H groups in total. The summed E-state index contributed by atoms with van der Waals surface area (Å²) in [5, 5.41) is 9.05. The summed E-state index contributed by atoms with van der Waals surface area (Å²) in [5.74, 6) is 0.493. The number of hydrogen-bond donors (Lipinski definition) is 1. The van der Waals surface area contributed by atoms with Gasteiger partial charge in [-0.05, 0) is 32.6 Å². The topological polar surface area (TPSA) is 20.2 Å². The molecule has 0 saturated heterocycles. The van der Waals surface area contributed by atoms with Crippen molar-refractivity contribution in [3.63, 3.8) is 0 Å². The van der Waals surface area contributed by atoms with E-state index in [0.29, 0.717) is 5.92 Å². The number of hydrogen-bond acceptors (Lipinski definition) is 1. The Hall–Kier alpha value is -0.0400. The van der Waals surface area contributed by atoms with Crippen LogP contribution in [0.1, 0.15) is 19.8 Å². The Bertz CT molecular complexity index is 66.7. The van der Waals surface area contributed by atoms with Gasteiger partial charge >= 0.3 is 0 Å². The van der Waals surface area contributed by atoms with E-state index in [0.717, 1.165) is 12.8 Å². The molecule has 0 heterocycles. The monoisotopic (exact) mass is 99.1 g/mol. The quantitative estimate of drug-likeness (QED) is 0.519. The van der Waals surface area contributed by atoms with Gasteiger partial charge in [0.25, 0.3) is 0 Å². The summed E-state index contributed by atoms with van der Waals surface area (Å²) in [4.78, 5) is 0. The molecule has 0 aromatic heterocycles. The van der Waals surface area contributed by atoms with Gasteiger partial charge in [0, 0.05) is 0 Å². The van der Waals surface area contributed by atoms with Crippen LogP contribution in [0.25, 0.3) is 0 Å². The van der Waals surface area contributed by atoms with Crippen LogP contribution in [0.2, 0.25) is 0 Å². The maximum Gasteiger partial charge on any atom is 0.0648 e. The molecule has 41 valence electrons. The van der Waals surface area contributed by atoms with Gasteiger partial charge in [-0.15, -0.1) is 0 Å². The van der Waals surface area contributed by atoms with Crippen LogP contribution in [0.3, 0.4) is 0 Å². The molecule has 1 aliphatic carbocycles. The van der Waals surface area contributed by atoms with Crippen molar-refractivity contribution in [1.29, 1.82) is 0 Å². The smallest absolute Gasteiger partial charge is 0.0648 e. The second-order valence-corrected chi connectivity index (χ2v) is 2.63. The van der Waals surface area contributed by atoms with Gasteiger partial charge < -0.3 is 5.11 Å². The van der Waals surface area contributed by atoms with Crippen molar-refractivity contribution < 1.29 is 5.11 Å².